The molecule has 140 valence electrons. The molecular formula is C19H16N6O3. The van der Waals surface area contributed by atoms with E-state index in [1.165, 1.54) is 10.8 Å². The Morgan fingerprint density at radius 2 is 1.96 bits per heavy atom. The zero-order chi connectivity index (χ0) is 19.5. The van der Waals surface area contributed by atoms with Crippen molar-refractivity contribution < 1.29 is 14.0 Å². The molecule has 2 N–H and O–H groups in total. The molecule has 0 spiro atoms. The molecular weight excluding hydrogens is 360 g/mol. The summed E-state index contributed by atoms with van der Waals surface area (Å²) in [6.07, 6.45) is 3.13. The molecule has 0 unspecified atom stereocenters. The molecule has 9 heteroatoms. The maximum Gasteiger partial charge on any atom is 0.295 e. The molecule has 0 aliphatic carbocycles. The van der Waals surface area contributed by atoms with Crippen molar-refractivity contribution in [2.24, 2.45) is 0 Å². The smallest absolute Gasteiger partial charge is 0.295 e. The number of furan rings is 1. The summed E-state index contributed by atoms with van der Waals surface area (Å²) in [7, 11) is 0. The zero-order valence-corrected chi connectivity index (χ0v) is 14.9. The van der Waals surface area contributed by atoms with Crippen molar-refractivity contribution in [3.8, 4) is 0 Å². The second-order valence-corrected chi connectivity index (χ2v) is 6.00. The third-order valence-corrected chi connectivity index (χ3v) is 4.06. The topological polar surface area (TPSA) is 114 Å². The van der Waals surface area contributed by atoms with E-state index in [4.69, 9.17) is 4.42 Å². The van der Waals surface area contributed by atoms with E-state index in [0.717, 1.165) is 5.69 Å². The van der Waals surface area contributed by atoms with Gasteiger partial charge in [-0.2, -0.15) is 4.98 Å². The van der Waals surface area contributed by atoms with Crippen LogP contribution in [0.2, 0.25) is 0 Å². The van der Waals surface area contributed by atoms with E-state index in [0.29, 0.717) is 22.8 Å². The molecule has 4 aromatic rings. The molecule has 2 amide bonds. The number of nitrogens with zero attached hydrogens (tertiary/aromatic N) is 4. The quantitative estimate of drug-likeness (QED) is 0.552. The maximum absolute atomic E-state index is 12.6. The third-order valence-electron chi connectivity index (χ3n) is 4.06. The molecule has 9 nitrogen and oxygen atoms in total. The zero-order valence-electron chi connectivity index (χ0n) is 14.9. The Kier molecular flexibility index (Phi) is 4.55. The van der Waals surface area contributed by atoms with Crippen molar-refractivity contribution in [2.45, 2.75) is 13.5 Å². The normalized spacial score (nSPS) is 10.8. The van der Waals surface area contributed by atoms with Crippen molar-refractivity contribution in [3.05, 3.63) is 77.8 Å². The lowest BCUT2D eigenvalue weighted by molar-refractivity contribution is 0.0949. The van der Waals surface area contributed by atoms with Crippen LogP contribution >= 0.6 is 0 Å². The largest absolute Gasteiger partial charge is 0.467 e. The lowest BCUT2D eigenvalue weighted by atomic mass is 10.1. The number of hydrogen-bond acceptors (Lipinski definition) is 6. The summed E-state index contributed by atoms with van der Waals surface area (Å²) in [6.45, 7) is 2.08. The van der Waals surface area contributed by atoms with Gasteiger partial charge in [-0.3, -0.25) is 9.59 Å². The van der Waals surface area contributed by atoms with Crippen LogP contribution in [-0.4, -0.2) is 31.4 Å². The van der Waals surface area contributed by atoms with E-state index in [9.17, 15) is 9.59 Å². The fourth-order valence-electron chi connectivity index (χ4n) is 2.65. The van der Waals surface area contributed by atoms with Gasteiger partial charge in [0.2, 0.25) is 5.82 Å². The van der Waals surface area contributed by atoms with Crippen LogP contribution in [-0.2, 0) is 6.54 Å². The van der Waals surface area contributed by atoms with Crippen LogP contribution in [0.4, 0.5) is 5.69 Å². The van der Waals surface area contributed by atoms with Crippen LogP contribution in [0.25, 0.3) is 5.78 Å². The molecule has 0 saturated heterocycles. The lowest BCUT2D eigenvalue weighted by Crippen LogP contribution is -2.25. The molecule has 1 aromatic carbocycles. The number of nitrogens with one attached hydrogen (secondary N) is 2. The Bertz CT molecular complexity index is 1150. The Hall–Kier alpha value is -4.01. The average Bonchev–Trinajstić information content (AvgIpc) is 3.37. The summed E-state index contributed by atoms with van der Waals surface area (Å²) in [6, 6.07) is 12.0. The van der Waals surface area contributed by atoms with Gasteiger partial charge in [-0.15, -0.1) is 5.10 Å². The summed E-state index contributed by atoms with van der Waals surface area (Å²) in [4.78, 5) is 33.3. The second kappa shape index (κ2) is 7.31. The van der Waals surface area contributed by atoms with Crippen molar-refractivity contribution in [1.82, 2.24) is 24.9 Å². The number of anilines is 1. The predicted octanol–water partition coefficient (Wildman–Crippen LogP) is 2.21. The number of para-hydroxylation sites is 1. The summed E-state index contributed by atoms with van der Waals surface area (Å²) < 4.78 is 6.68. The minimum Gasteiger partial charge on any atom is -0.467 e. The van der Waals surface area contributed by atoms with E-state index in [-0.39, 0.29) is 18.3 Å². The van der Waals surface area contributed by atoms with Crippen molar-refractivity contribution >= 4 is 23.3 Å². The monoisotopic (exact) mass is 376 g/mol. The van der Waals surface area contributed by atoms with Crippen LogP contribution in [0.15, 0.2) is 59.3 Å². The van der Waals surface area contributed by atoms with Gasteiger partial charge in [-0.25, -0.2) is 9.50 Å². The van der Waals surface area contributed by atoms with Gasteiger partial charge < -0.3 is 15.1 Å². The highest BCUT2D eigenvalue weighted by Crippen LogP contribution is 2.16. The standard InChI is InChI=1S/C19H16N6O3/c1-12-8-9-20-19-23-16(24-25(12)19)18(27)22-15-7-3-2-6-14(15)17(26)21-11-13-5-4-10-28-13/h2-10H,11H2,1H3,(H,21,26)(H,22,27). The lowest BCUT2D eigenvalue weighted by Gasteiger charge is -2.10. The molecule has 0 bridgehead atoms. The molecule has 28 heavy (non-hydrogen) atoms. The average molecular weight is 376 g/mol. The maximum atomic E-state index is 12.6. The Balaban J connectivity index is 1.53. The van der Waals surface area contributed by atoms with Gasteiger partial charge >= 0.3 is 0 Å². The van der Waals surface area contributed by atoms with E-state index >= 15 is 0 Å². The number of carbonyl (C=O) groups is 2. The Morgan fingerprint density at radius 3 is 2.75 bits per heavy atom. The SMILES string of the molecule is Cc1ccnc2nc(C(=O)Nc3ccccc3C(=O)NCc3ccco3)nn12. The number of carbonyl (C=O) groups excluding carboxylic acids is 2. The van der Waals surface area contributed by atoms with Crippen LogP contribution < -0.4 is 10.6 Å². The number of aryl methyl sites for hydroxylation is 1. The van der Waals surface area contributed by atoms with Crippen LogP contribution in [0.5, 0.6) is 0 Å². The fraction of sp³-hybridized carbons (Fsp3) is 0.105. The number of benzene rings is 1. The Morgan fingerprint density at radius 1 is 1.11 bits per heavy atom. The van der Waals surface area contributed by atoms with Gasteiger partial charge in [-0.1, -0.05) is 12.1 Å². The van der Waals surface area contributed by atoms with Crippen LogP contribution in [0, 0.1) is 6.92 Å². The van der Waals surface area contributed by atoms with E-state index in [2.05, 4.69) is 25.7 Å². The van der Waals surface area contributed by atoms with Gasteiger partial charge in [0.25, 0.3) is 17.6 Å². The van der Waals surface area contributed by atoms with E-state index in [1.807, 2.05) is 6.92 Å². The molecule has 0 saturated carbocycles. The van der Waals surface area contributed by atoms with Gasteiger partial charge in [0.05, 0.1) is 24.1 Å². The van der Waals surface area contributed by atoms with E-state index in [1.54, 1.807) is 48.7 Å². The van der Waals surface area contributed by atoms with Crippen molar-refractivity contribution in [3.63, 3.8) is 0 Å². The molecule has 3 aromatic heterocycles. The van der Waals surface area contributed by atoms with Gasteiger partial charge in [-0.05, 0) is 37.3 Å². The molecule has 0 atom stereocenters. The van der Waals surface area contributed by atoms with Crippen LogP contribution in [0.1, 0.15) is 32.4 Å². The highest BCUT2D eigenvalue weighted by atomic mass is 16.3. The van der Waals surface area contributed by atoms with Crippen molar-refractivity contribution in [2.75, 3.05) is 5.32 Å². The first-order valence-electron chi connectivity index (χ1n) is 8.51. The molecule has 3 heterocycles. The minimum atomic E-state index is -0.531. The highest BCUT2D eigenvalue weighted by molar-refractivity contribution is 6.07. The number of hydrogen-bond donors (Lipinski definition) is 2. The van der Waals surface area contributed by atoms with Gasteiger partial charge in [0.1, 0.15) is 5.76 Å². The second-order valence-electron chi connectivity index (χ2n) is 6.00. The number of amides is 2. The minimum absolute atomic E-state index is 0.0346. The van der Waals surface area contributed by atoms with Crippen LogP contribution in [0.3, 0.4) is 0 Å². The highest BCUT2D eigenvalue weighted by Gasteiger charge is 2.18. The summed E-state index contributed by atoms with van der Waals surface area (Å²) in [5.41, 5.74) is 1.47. The molecule has 0 radical (unpaired) electrons. The molecule has 0 fully saturated rings. The van der Waals surface area contributed by atoms with E-state index < -0.39 is 5.91 Å². The van der Waals surface area contributed by atoms with Gasteiger partial charge in [0, 0.05) is 11.9 Å². The summed E-state index contributed by atoms with van der Waals surface area (Å²) >= 11 is 0. The fourth-order valence-corrected chi connectivity index (χ4v) is 2.65. The van der Waals surface area contributed by atoms with Gasteiger partial charge in [0.15, 0.2) is 0 Å². The number of fused-ring (bicyclic) bond motifs is 1. The first-order valence-corrected chi connectivity index (χ1v) is 8.51. The predicted molar refractivity (Wildman–Crippen MR) is 99.8 cm³/mol. The van der Waals surface area contributed by atoms with Crippen molar-refractivity contribution in [1.29, 1.82) is 0 Å². The number of aromatic nitrogens is 4. The Labute approximate surface area is 159 Å². The first-order chi connectivity index (χ1) is 13.6. The molecule has 0 aliphatic heterocycles. The molecule has 0 aliphatic rings. The number of rotatable bonds is 5. The summed E-state index contributed by atoms with van der Waals surface area (Å²) in [5, 5.41) is 9.62. The first kappa shape index (κ1) is 17.4. The molecule has 4 rings (SSSR count). The third kappa shape index (κ3) is 3.45. The summed E-state index contributed by atoms with van der Waals surface area (Å²) in [5.74, 6) is 0.0535.